The van der Waals surface area contributed by atoms with Crippen LogP contribution in [-0.2, 0) is 13.1 Å². The first-order valence-corrected chi connectivity index (χ1v) is 7.07. The van der Waals surface area contributed by atoms with Crippen LogP contribution in [0.15, 0.2) is 36.7 Å². The molecule has 0 fully saturated rings. The summed E-state index contributed by atoms with van der Waals surface area (Å²) in [5.41, 5.74) is 1.96. The summed E-state index contributed by atoms with van der Waals surface area (Å²) >= 11 is 0. The minimum absolute atomic E-state index is 0.179. The minimum atomic E-state index is -4.42. The number of hydrogen-bond acceptors (Lipinski definition) is 3. The molecule has 1 aromatic heterocycles. The second kappa shape index (κ2) is 7.17. The van der Waals surface area contributed by atoms with Gasteiger partial charge in [0.15, 0.2) is 0 Å². The molecule has 0 aliphatic carbocycles. The molecule has 0 spiro atoms. The van der Waals surface area contributed by atoms with Gasteiger partial charge in [-0.25, -0.2) is 0 Å². The molecule has 0 atom stereocenters. The van der Waals surface area contributed by atoms with Crippen LogP contribution in [0.25, 0.3) is 0 Å². The summed E-state index contributed by atoms with van der Waals surface area (Å²) in [7, 11) is 0. The second-order valence-corrected chi connectivity index (χ2v) is 4.93. The molecule has 1 aromatic carbocycles. The maximum atomic E-state index is 12.1. The number of aromatic nitrogens is 2. The van der Waals surface area contributed by atoms with E-state index in [2.05, 4.69) is 10.4 Å². The third-order valence-corrected chi connectivity index (χ3v) is 3.10. The lowest BCUT2D eigenvalue weighted by molar-refractivity contribution is -0.123. The van der Waals surface area contributed by atoms with Crippen molar-refractivity contribution >= 4 is 11.6 Å². The van der Waals surface area contributed by atoms with Crippen molar-refractivity contribution in [3.05, 3.63) is 47.8 Å². The quantitative estimate of drug-likeness (QED) is 0.858. The number of benzene rings is 1. The van der Waals surface area contributed by atoms with Gasteiger partial charge in [-0.3, -0.25) is 9.48 Å². The van der Waals surface area contributed by atoms with Crippen LogP contribution in [0.4, 0.5) is 18.9 Å². The molecular weight excluding hydrogens is 309 g/mol. The number of nitrogens with zero attached hydrogens (tertiary/aromatic N) is 2. The van der Waals surface area contributed by atoms with Gasteiger partial charge >= 0.3 is 6.18 Å². The van der Waals surface area contributed by atoms with Crippen molar-refractivity contribution in [2.45, 2.75) is 26.2 Å². The summed E-state index contributed by atoms with van der Waals surface area (Å²) in [4.78, 5) is 11.6. The molecule has 0 unspecified atom stereocenters. The molecular formula is C15H17F3N4O. The van der Waals surface area contributed by atoms with Gasteiger partial charge in [-0.05, 0) is 31.2 Å². The van der Waals surface area contributed by atoms with Gasteiger partial charge in [-0.2, -0.15) is 18.3 Å². The van der Waals surface area contributed by atoms with Crippen LogP contribution in [0.2, 0.25) is 0 Å². The number of hydrogen-bond donors (Lipinski definition) is 2. The molecule has 5 nitrogen and oxygen atoms in total. The van der Waals surface area contributed by atoms with Gasteiger partial charge in [0.1, 0.15) is 6.54 Å². The Labute approximate surface area is 131 Å². The number of alkyl halides is 3. The summed E-state index contributed by atoms with van der Waals surface area (Å²) < 4.78 is 38.0. The van der Waals surface area contributed by atoms with E-state index < -0.39 is 18.6 Å². The van der Waals surface area contributed by atoms with Gasteiger partial charge in [0.2, 0.25) is 0 Å². The molecule has 1 amide bonds. The van der Waals surface area contributed by atoms with E-state index in [1.807, 2.05) is 23.1 Å². The summed E-state index contributed by atoms with van der Waals surface area (Å²) in [6, 6.07) is 6.24. The van der Waals surface area contributed by atoms with Crippen LogP contribution in [0.1, 0.15) is 22.8 Å². The molecule has 23 heavy (non-hydrogen) atoms. The average Bonchev–Trinajstić information content (AvgIpc) is 2.98. The van der Waals surface area contributed by atoms with Gasteiger partial charge in [-0.1, -0.05) is 0 Å². The largest absolute Gasteiger partial charge is 0.405 e. The Bertz CT molecular complexity index is 649. The normalized spacial score (nSPS) is 11.3. The fourth-order valence-corrected chi connectivity index (χ4v) is 1.90. The van der Waals surface area contributed by atoms with E-state index >= 15 is 0 Å². The number of halogens is 3. The van der Waals surface area contributed by atoms with Crippen LogP contribution in [0.3, 0.4) is 0 Å². The lowest BCUT2D eigenvalue weighted by Crippen LogP contribution is -2.33. The highest BCUT2D eigenvalue weighted by Gasteiger charge is 2.27. The first kappa shape index (κ1) is 16.9. The van der Waals surface area contributed by atoms with Crippen molar-refractivity contribution in [2.75, 3.05) is 11.9 Å². The minimum Gasteiger partial charge on any atom is -0.381 e. The third-order valence-electron chi connectivity index (χ3n) is 3.10. The highest BCUT2D eigenvalue weighted by molar-refractivity contribution is 5.94. The van der Waals surface area contributed by atoms with Gasteiger partial charge in [-0.15, -0.1) is 0 Å². The number of nitrogens with one attached hydrogen (secondary N) is 2. The Morgan fingerprint density at radius 3 is 2.52 bits per heavy atom. The fourth-order valence-electron chi connectivity index (χ4n) is 1.90. The van der Waals surface area contributed by atoms with E-state index in [1.54, 1.807) is 18.3 Å². The van der Waals surface area contributed by atoms with E-state index in [0.29, 0.717) is 6.54 Å². The van der Waals surface area contributed by atoms with Crippen LogP contribution < -0.4 is 10.6 Å². The van der Waals surface area contributed by atoms with Gasteiger partial charge in [0.05, 0.1) is 6.20 Å². The first-order chi connectivity index (χ1) is 10.9. The van der Waals surface area contributed by atoms with Crippen molar-refractivity contribution < 1.29 is 18.0 Å². The average molecular weight is 326 g/mol. The topological polar surface area (TPSA) is 59.0 Å². The first-order valence-electron chi connectivity index (χ1n) is 7.07. The molecule has 2 N–H and O–H groups in total. The van der Waals surface area contributed by atoms with Crippen LogP contribution in [0.5, 0.6) is 0 Å². The molecule has 0 saturated carbocycles. The molecule has 0 aliphatic rings. The number of carbonyl (C=O) groups is 1. The van der Waals surface area contributed by atoms with E-state index in [-0.39, 0.29) is 5.56 Å². The second-order valence-electron chi connectivity index (χ2n) is 4.93. The van der Waals surface area contributed by atoms with Crippen molar-refractivity contribution in [3.8, 4) is 0 Å². The summed E-state index contributed by atoms with van der Waals surface area (Å²) in [6.45, 7) is 2.02. The van der Waals surface area contributed by atoms with E-state index in [4.69, 9.17) is 0 Å². The fraction of sp³-hybridized carbons (Fsp3) is 0.333. The number of carbonyl (C=O) groups excluding carboxylic acids is 1. The molecule has 0 aliphatic heterocycles. The Hall–Kier alpha value is -2.51. The van der Waals surface area contributed by atoms with Crippen LogP contribution in [0, 0.1) is 0 Å². The van der Waals surface area contributed by atoms with Gasteiger partial charge in [0, 0.05) is 36.1 Å². The standard InChI is InChI=1S/C15H17F3N4O/c1-2-22-9-11(8-21-22)7-19-13-5-3-12(4-6-13)14(23)20-10-15(16,17)18/h3-6,8-9,19H,2,7,10H2,1H3,(H,20,23). The summed E-state index contributed by atoms with van der Waals surface area (Å²) in [5, 5.41) is 9.14. The van der Waals surface area contributed by atoms with E-state index in [1.165, 1.54) is 12.1 Å². The Kier molecular flexibility index (Phi) is 5.25. The molecule has 1 heterocycles. The molecule has 0 bridgehead atoms. The highest BCUT2D eigenvalue weighted by atomic mass is 19.4. The van der Waals surface area contributed by atoms with Crippen molar-refractivity contribution in [2.24, 2.45) is 0 Å². The van der Waals surface area contributed by atoms with Crippen LogP contribution in [-0.4, -0.2) is 28.4 Å². The zero-order valence-corrected chi connectivity index (χ0v) is 12.5. The SMILES string of the molecule is CCn1cc(CNc2ccc(C(=O)NCC(F)(F)F)cc2)cn1. The maximum absolute atomic E-state index is 12.1. The molecule has 124 valence electrons. The number of anilines is 1. The van der Waals surface area contributed by atoms with Crippen LogP contribution >= 0.6 is 0 Å². The summed E-state index contributed by atoms with van der Waals surface area (Å²) in [6.07, 6.45) is -0.735. The monoisotopic (exact) mass is 326 g/mol. The number of rotatable bonds is 6. The summed E-state index contributed by atoms with van der Waals surface area (Å²) in [5.74, 6) is -0.752. The molecule has 0 saturated heterocycles. The molecule has 2 rings (SSSR count). The number of amides is 1. The van der Waals surface area contributed by atoms with Crippen molar-refractivity contribution in [3.63, 3.8) is 0 Å². The highest BCUT2D eigenvalue weighted by Crippen LogP contribution is 2.14. The number of aryl methyl sites for hydroxylation is 1. The smallest absolute Gasteiger partial charge is 0.381 e. The third kappa shape index (κ3) is 5.32. The van der Waals surface area contributed by atoms with Crippen molar-refractivity contribution in [1.29, 1.82) is 0 Å². The predicted molar refractivity (Wildman–Crippen MR) is 80.1 cm³/mol. The van der Waals surface area contributed by atoms with Gasteiger partial charge < -0.3 is 10.6 Å². The Morgan fingerprint density at radius 2 is 1.96 bits per heavy atom. The van der Waals surface area contributed by atoms with Gasteiger partial charge in [0.25, 0.3) is 5.91 Å². The lowest BCUT2D eigenvalue weighted by atomic mass is 10.2. The van der Waals surface area contributed by atoms with E-state index in [0.717, 1.165) is 17.8 Å². The molecule has 2 aromatic rings. The Morgan fingerprint density at radius 1 is 1.26 bits per heavy atom. The Balaban J connectivity index is 1.87. The predicted octanol–water partition coefficient (Wildman–Crippen LogP) is 2.81. The zero-order chi connectivity index (χ0) is 16.9. The molecule has 8 heteroatoms. The van der Waals surface area contributed by atoms with E-state index in [9.17, 15) is 18.0 Å². The zero-order valence-electron chi connectivity index (χ0n) is 12.5. The lowest BCUT2D eigenvalue weighted by Gasteiger charge is -2.09. The molecule has 0 radical (unpaired) electrons. The van der Waals surface area contributed by atoms with Crippen molar-refractivity contribution in [1.82, 2.24) is 15.1 Å². The maximum Gasteiger partial charge on any atom is 0.405 e.